The maximum absolute atomic E-state index is 5.93. The molecule has 2 rings (SSSR count). The van der Waals surface area contributed by atoms with Crippen LogP contribution in [-0.4, -0.2) is 18.2 Å². The van der Waals surface area contributed by atoms with Gasteiger partial charge in [-0.3, -0.25) is 0 Å². The van der Waals surface area contributed by atoms with E-state index in [-0.39, 0.29) is 0 Å². The van der Waals surface area contributed by atoms with Gasteiger partial charge in [0.25, 0.3) is 0 Å². The molecular weight excluding hydrogens is 213 g/mol. The molecule has 3 nitrogen and oxygen atoms in total. The molecule has 1 saturated heterocycles. The number of aromatic nitrogens is 1. The molecule has 13 heavy (non-hydrogen) atoms. The quantitative estimate of drug-likeness (QED) is 0.681. The monoisotopic (exact) mass is 219 g/mol. The molecule has 1 aromatic rings. The first kappa shape index (κ1) is 9.21. The van der Waals surface area contributed by atoms with Gasteiger partial charge in [-0.1, -0.05) is 23.2 Å². The van der Waals surface area contributed by atoms with E-state index < -0.39 is 6.29 Å². The van der Waals surface area contributed by atoms with E-state index in [1.165, 1.54) is 0 Å². The van der Waals surface area contributed by atoms with Crippen LogP contribution in [0.2, 0.25) is 10.2 Å². The van der Waals surface area contributed by atoms with Crippen molar-refractivity contribution in [2.45, 2.75) is 6.29 Å². The van der Waals surface area contributed by atoms with Crippen molar-refractivity contribution in [3.05, 3.63) is 28.0 Å². The molecule has 0 bridgehead atoms. The van der Waals surface area contributed by atoms with Gasteiger partial charge in [0, 0.05) is 6.20 Å². The minimum Gasteiger partial charge on any atom is -0.346 e. The number of hydrogen-bond donors (Lipinski definition) is 0. The zero-order chi connectivity index (χ0) is 9.26. The van der Waals surface area contributed by atoms with Crippen LogP contribution in [0.1, 0.15) is 11.9 Å². The van der Waals surface area contributed by atoms with E-state index in [2.05, 4.69) is 4.98 Å². The van der Waals surface area contributed by atoms with Crippen LogP contribution in [-0.2, 0) is 9.47 Å². The summed E-state index contributed by atoms with van der Waals surface area (Å²) in [5, 5.41) is 0.853. The predicted molar refractivity (Wildman–Crippen MR) is 48.9 cm³/mol. The summed E-state index contributed by atoms with van der Waals surface area (Å²) in [4.78, 5) is 3.91. The standard InChI is InChI=1S/C8H7Cl2NO2/c9-5-1-2-11-7(10)6(5)8-12-3-4-13-8/h1-2,8H,3-4H2. The molecule has 1 aromatic heterocycles. The summed E-state index contributed by atoms with van der Waals surface area (Å²) >= 11 is 11.8. The Morgan fingerprint density at radius 2 is 2.00 bits per heavy atom. The van der Waals surface area contributed by atoms with Crippen LogP contribution in [0.5, 0.6) is 0 Å². The molecule has 0 unspecified atom stereocenters. The number of halogens is 2. The lowest BCUT2D eigenvalue weighted by Gasteiger charge is -2.11. The van der Waals surface area contributed by atoms with E-state index in [0.717, 1.165) is 0 Å². The fraction of sp³-hybridized carbons (Fsp3) is 0.375. The minimum absolute atomic E-state index is 0.333. The van der Waals surface area contributed by atoms with Gasteiger partial charge in [0.1, 0.15) is 5.15 Å². The molecule has 0 saturated carbocycles. The highest BCUT2D eigenvalue weighted by Crippen LogP contribution is 2.33. The average Bonchev–Trinajstić information content (AvgIpc) is 2.57. The molecular formula is C8H7Cl2NO2. The molecule has 1 fully saturated rings. The Hall–Kier alpha value is -0.350. The predicted octanol–water partition coefficient (Wildman–Crippen LogP) is 2.43. The summed E-state index contributed by atoms with van der Waals surface area (Å²) in [7, 11) is 0. The van der Waals surface area contributed by atoms with E-state index >= 15 is 0 Å². The maximum Gasteiger partial charge on any atom is 0.188 e. The summed E-state index contributed by atoms with van der Waals surface area (Å²) in [6, 6.07) is 1.66. The van der Waals surface area contributed by atoms with Gasteiger partial charge in [-0.2, -0.15) is 0 Å². The second-order valence-electron chi connectivity index (χ2n) is 2.57. The van der Waals surface area contributed by atoms with Crippen LogP contribution < -0.4 is 0 Å². The second kappa shape index (κ2) is 3.80. The summed E-state index contributed by atoms with van der Waals surface area (Å²) in [5.41, 5.74) is 0.614. The Balaban J connectivity index is 2.37. The van der Waals surface area contributed by atoms with Crippen molar-refractivity contribution in [2.24, 2.45) is 0 Å². The van der Waals surface area contributed by atoms with Gasteiger partial charge < -0.3 is 9.47 Å². The van der Waals surface area contributed by atoms with Crippen molar-refractivity contribution in [3.63, 3.8) is 0 Å². The first-order valence-corrected chi connectivity index (χ1v) is 4.58. The zero-order valence-corrected chi connectivity index (χ0v) is 8.18. The summed E-state index contributed by atoms with van der Waals surface area (Å²) in [6.07, 6.45) is 1.08. The van der Waals surface area contributed by atoms with Crippen LogP contribution in [0.15, 0.2) is 12.3 Å². The number of rotatable bonds is 1. The molecule has 2 heterocycles. The largest absolute Gasteiger partial charge is 0.346 e. The Morgan fingerprint density at radius 3 is 2.62 bits per heavy atom. The Labute approximate surface area is 85.6 Å². The molecule has 0 aliphatic carbocycles. The van der Waals surface area contributed by atoms with Crippen molar-refractivity contribution in [1.29, 1.82) is 0 Å². The van der Waals surface area contributed by atoms with Crippen molar-refractivity contribution >= 4 is 23.2 Å². The fourth-order valence-corrected chi connectivity index (χ4v) is 1.69. The first-order chi connectivity index (χ1) is 6.29. The van der Waals surface area contributed by atoms with Crippen molar-refractivity contribution in [2.75, 3.05) is 13.2 Å². The highest BCUT2D eigenvalue weighted by atomic mass is 35.5. The molecule has 0 spiro atoms. The topological polar surface area (TPSA) is 31.4 Å². The molecule has 0 N–H and O–H groups in total. The summed E-state index contributed by atoms with van der Waals surface area (Å²) in [6.45, 7) is 1.12. The van der Waals surface area contributed by atoms with Crippen LogP contribution in [0.4, 0.5) is 0 Å². The first-order valence-electron chi connectivity index (χ1n) is 3.82. The van der Waals surface area contributed by atoms with Gasteiger partial charge in [-0.25, -0.2) is 4.98 Å². The third kappa shape index (κ3) is 1.79. The maximum atomic E-state index is 5.93. The van der Waals surface area contributed by atoms with E-state index in [9.17, 15) is 0 Å². The van der Waals surface area contributed by atoms with Gasteiger partial charge in [-0.05, 0) is 6.07 Å². The Bertz CT molecular complexity index is 293. The van der Waals surface area contributed by atoms with Crippen LogP contribution in [0.3, 0.4) is 0 Å². The lowest BCUT2D eigenvalue weighted by atomic mass is 10.3. The molecule has 1 aliphatic heterocycles. The smallest absolute Gasteiger partial charge is 0.188 e. The third-order valence-corrected chi connectivity index (χ3v) is 2.38. The number of hydrogen-bond acceptors (Lipinski definition) is 3. The van der Waals surface area contributed by atoms with Gasteiger partial charge in [0.2, 0.25) is 0 Å². The van der Waals surface area contributed by atoms with Crippen LogP contribution in [0.25, 0.3) is 0 Å². The average molecular weight is 220 g/mol. The van der Waals surface area contributed by atoms with Gasteiger partial charge in [-0.15, -0.1) is 0 Å². The van der Waals surface area contributed by atoms with Gasteiger partial charge in [0.05, 0.1) is 23.8 Å². The fourth-order valence-electron chi connectivity index (χ4n) is 1.16. The SMILES string of the molecule is Clc1ccnc(Cl)c1C1OCCO1. The summed E-state index contributed by atoms with van der Waals surface area (Å²) in [5.74, 6) is 0. The van der Waals surface area contributed by atoms with Crippen LogP contribution >= 0.6 is 23.2 Å². The van der Waals surface area contributed by atoms with E-state index in [1.54, 1.807) is 12.3 Å². The lowest BCUT2D eigenvalue weighted by Crippen LogP contribution is -2.01. The highest BCUT2D eigenvalue weighted by molar-refractivity contribution is 6.35. The Morgan fingerprint density at radius 1 is 1.31 bits per heavy atom. The lowest BCUT2D eigenvalue weighted by molar-refractivity contribution is -0.0441. The number of nitrogens with zero attached hydrogens (tertiary/aromatic N) is 1. The van der Waals surface area contributed by atoms with E-state index in [4.69, 9.17) is 32.7 Å². The summed E-state index contributed by atoms with van der Waals surface area (Å²) < 4.78 is 10.5. The van der Waals surface area contributed by atoms with Crippen molar-refractivity contribution in [3.8, 4) is 0 Å². The highest BCUT2D eigenvalue weighted by Gasteiger charge is 2.24. The second-order valence-corrected chi connectivity index (χ2v) is 3.34. The van der Waals surface area contributed by atoms with Crippen molar-refractivity contribution in [1.82, 2.24) is 4.98 Å². The molecule has 5 heteroatoms. The van der Waals surface area contributed by atoms with E-state index in [1.807, 2.05) is 0 Å². The van der Waals surface area contributed by atoms with E-state index in [0.29, 0.717) is 29.0 Å². The molecule has 0 radical (unpaired) electrons. The molecule has 0 atom stereocenters. The molecule has 1 aliphatic rings. The molecule has 0 aromatic carbocycles. The number of pyridine rings is 1. The zero-order valence-electron chi connectivity index (χ0n) is 6.67. The van der Waals surface area contributed by atoms with Gasteiger partial charge in [0.15, 0.2) is 6.29 Å². The third-order valence-electron chi connectivity index (χ3n) is 1.75. The van der Waals surface area contributed by atoms with Crippen LogP contribution in [0, 0.1) is 0 Å². The normalized spacial score (nSPS) is 18.0. The molecule has 0 amide bonds. The van der Waals surface area contributed by atoms with Crippen molar-refractivity contribution < 1.29 is 9.47 Å². The van der Waals surface area contributed by atoms with Gasteiger partial charge >= 0.3 is 0 Å². The minimum atomic E-state index is -0.464. The molecule has 70 valence electrons. The number of ether oxygens (including phenoxy) is 2. The Kier molecular flexibility index (Phi) is 2.69.